The molecule has 0 aliphatic carbocycles. The molecule has 76 valence electrons. The molecule has 0 saturated carbocycles. The molecule has 0 unspecified atom stereocenters. The molecule has 0 saturated heterocycles. The van der Waals surface area contributed by atoms with Crippen molar-refractivity contribution in [1.29, 1.82) is 0 Å². The maximum absolute atomic E-state index is 11.2. The molecule has 4 nitrogen and oxygen atoms in total. The third-order valence-electron chi connectivity index (χ3n) is 1.69. The van der Waals surface area contributed by atoms with Crippen molar-refractivity contribution in [2.45, 2.75) is 13.5 Å². The number of pyridine rings is 1. The number of aromatic nitrogens is 1. The van der Waals surface area contributed by atoms with E-state index in [-0.39, 0.29) is 5.97 Å². The summed E-state index contributed by atoms with van der Waals surface area (Å²) in [6.45, 7) is 2.86. The van der Waals surface area contributed by atoms with E-state index in [4.69, 9.17) is 4.74 Å². The number of nitrogens with zero attached hydrogens (tertiary/aromatic N) is 1. The van der Waals surface area contributed by atoms with Gasteiger partial charge in [-0.25, -0.2) is 4.79 Å². The van der Waals surface area contributed by atoms with E-state index >= 15 is 0 Å². The Hall–Kier alpha value is -1.42. The molecule has 1 aromatic rings. The van der Waals surface area contributed by atoms with Crippen molar-refractivity contribution in [2.24, 2.45) is 0 Å². The molecule has 1 N–H and O–H groups in total. The molecule has 0 radical (unpaired) electrons. The van der Waals surface area contributed by atoms with Crippen LogP contribution in [0.3, 0.4) is 0 Å². The highest BCUT2D eigenvalue weighted by Crippen LogP contribution is 2.02. The summed E-state index contributed by atoms with van der Waals surface area (Å²) in [5, 5.41) is 2.98. The maximum atomic E-state index is 11.2. The summed E-state index contributed by atoms with van der Waals surface area (Å²) in [5.74, 6) is -0.323. The highest BCUT2D eigenvalue weighted by Gasteiger charge is 2.05. The minimum Gasteiger partial charge on any atom is -0.462 e. The van der Waals surface area contributed by atoms with Gasteiger partial charge in [0.1, 0.15) is 0 Å². The molecule has 0 spiro atoms. The van der Waals surface area contributed by atoms with E-state index in [1.165, 1.54) is 6.20 Å². The number of carbonyl (C=O) groups excluding carboxylic acids is 1. The monoisotopic (exact) mass is 194 g/mol. The highest BCUT2D eigenvalue weighted by atomic mass is 16.5. The van der Waals surface area contributed by atoms with Gasteiger partial charge in [0.15, 0.2) is 0 Å². The van der Waals surface area contributed by atoms with Gasteiger partial charge in [0.2, 0.25) is 0 Å². The third kappa shape index (κ3) is 2.81. The Labute approximate surface area is 83.3 Å². The first-order chi connectivity index (χ1) is 6.77. The predicted octanol–water partition coefficient (Wildman–Crippen LogP) is 0.978. The van der Waals surface area contributed by atoms with Crippen LogP contribution in [-0.2, 0) is 11.3 Å². The zero-order valence-electron chi connectivity index (χ0n) is 8.41. The van der Waals surface area contributed by atoms with Gasteiger partial charge in [-0.3, -0.25) is 4.98 Å². The SMILES string of the molecule is CCOC(=O)c1ccc(CNC)nc1. The number of esters is 1. The molecule has 0 fully saturated rings. The van der Waals surface area contributed by atoms with Gasteiger partial charge in [0, 0.05) is 12.7 Å². The zero-order chi connectivity index (χ0) is 10.4. The molecular formula is C10H14N2O2. The summed E-state index contributed by atoms with van der Waals surface area (Å²) in [6, 6.07) is 3.53. The fourth-order valence-corrected chi connectivity index (χ4v) is 1.05. The van der Waals surface area contributed by atoms with E-state index in [1.54, 1.807) is 13.0 Å². The second kappa shape index (κ2) is 5.34. The van der Waals surface area contributed by atoms with E-state index in [2.05, 4.69) is 10.3 Å². The Morgan fingerprint density at radius 3 is 2.86 bits per heavy atom. The van der Waals surface area contributed by atoms with Crippen LogP contribution in [0.1, 0.15) is 23.0 Å². The minimum absolute atomic E-state index is 0.323. The fourth-order valence-electron chi connectivity index (χ4n) is 1.05. The lowest BCUT2D eigenvalue weighted by Crippen LogP contribution is -2.09. The highest BCUT2D eigenvalue weighted by molar-refractivity contribution is 5.88. The van der Waals surface area contributed by atoms with Crippen molar-refractivity contribution >= 4 is 5.97 Å². The van der Waals surface area contributed by atoms with Gasteiger partial charge in [-0.15, -0.1) is 0 Å². The Morgan fingerprint density at radius 2 is 2.36 bits per heavy atom. The van der Waals surface area contributed by atoms with Crippen LogP contribution in [0, 0.1) is 0 Å². The summed E-state index contributed by atoms with van der Waals surface area (Å²) in [4.78, 5) is 15.3. The number of hydrogen-bond donors (Lipinski definition) is 1. The van der Waals surface area contributed by atoms with Gasteiger partial charge in [-0.2, -0.15) is 0 Å². The molecule has 0 atom stereocenters. The average Bonchev–Trinajstić information content (AvgIpc) is 2.20. The molecule has 0 aromatic carbocycles. The largest absolute Gasteiger partial charge is 0.462 e. The topological polar surface area (TPSA) is 51.2 Å². The van der Waals surface area contributed by atoms with Gasteiger partial charge < -0.3 is 10.1 Å². The van der Waals surface area contributed by atoms with Crippen LogP contribution < -0.4 is 5.32 Å². The predicted molar refractivity (Wildman–Crippen MR) is 53.0 cm³/mol. The zero-order valence-corrected chi connectivity index (χ0v) is 8.41. The summed E-state index contributed by atoms with van der Waals surface area (Å²) < 4.78 is 4.83. The second-order valence-corrected chi connectivity index (χ2v) is 2.79. The van der Waals surface area contributed by atoms with Crippen LogP contribution >= 0.6 is 0 Å². The molecule has 1 heterocycles. The van der Waals surface area contributed by atoms with E-state index in [9.17, 15) is 4.79 Å². The Balaban J connectivity index is 2.67. The third-order valence-corrected chi connectivity index (χ3v) is 1.69. The van der Waals surface area contributed by atoms with Crippen molar-refractivity contribution in [3.05, 3.63) is 29.6 Å². The molecule has 0 bridgehead atoms. The van der Waals surface area contributed by atoms with Crippen molar-refractivity contribution in [1.82, 2.24) is 10.3 Å². The van der Waals surface area contributed by atoms with Gasteiger partial charge in [0.25, 0.3) is 0 Å². The Morgan fingerprint density at radius 1 is 1.57 bits per heavy atom. The quantitative estimate of drug-likeness (QED) is 0.726. The van der Waals surface area contributed by atoms with E-state index < -0.39 is 0 Å². The fraction of sp³-hybridized carbons (Fsp3) is 0.400. The Bertz CT molecular complexity index is 295. The smallest absolute Gasteiger partial charge is 0.339 e. The standard InChI is InChI=1S/C10H14N2O2/c1-3-14-10(13)8-4-5-9(7-11-2)12-6-8/h4-6,11H,3,7H2,1-2H3. The summed E-state index contributed by atoms with van der Waals surface area (Å²) in [5.41, 5.74) is 1.40. The van der Waals surface area contributed by atoms with Gasteiger partial charge in [0.05, 0.1) is 17.9 Å². The molecular weight excluding hydrogens is 180 g/mol. The number of ether oxygens (including phenoxy) is 1. The van der Waals surface area contributed by atoms with Gasteiger partial charge in [-0.1, -0.05) is 0 Å². The van der Waals surface area contributed by atoms with Crippen LogP contribution in [0.15, 0.2) is 18.3 Å². The Kier molecular flexibility index (Phi) is 4.07. The first kappa shape index (κ1) is 10.7. The second-order valence-electron chi connectivity index (χ2n) is 2.79. The van der Waals surface area contributed by atoms with E-state index in [0.717, 1.165) is 5.69 Å². The van der Waals surface area contributed by atoms with Crippen molar-refractivity contribution < 1.29 is 9.53 Å². The number of hydrogen-bond acceptors (Lipinski definition) is 4. The van der Waals surface area contributed by atoms with Crippen LogP contribution in [0.25, 0.3) is 0 Å². The van der Waals surface area contributed by atoms with Gasteiger partial charge >= 0.3 is 5.97 Å². The van der Waals surface area contributed by atoms with Crippen molar-refractivity contribution in [2.75, 3.05) is 13.7 Å². The molecule has 1 rings (SSSR count). The first-order valence-electron chi connectivity index (χ1n) is 4.54. The van der Waals surface area contributed by atoms with Crippen LogP contribution in [-0.4, -0.2) is 24.6 Å². The van der Waals surface area contributed by atoms with Crippen molar-refractivity contribution in [3.63, 3.8) is 0 Å². The molecule has 0 aliphatic rings. The lowest BCUT2D eigenvalue weighted by atomic mass is 10.2. The van der Waals surface area contributed by atoms with E-state index in [0.29, 0.717) is 18.7 Å². The molecule has 0 aliphatic heterocycles. The van der Waals surface area contributed by atoms with Crippen LogP contribution in [0.5, 0.6) is 0 Å². The number of nitrogens with one attached hydrogen (secondary N) is 1. The molecule has 4 heteroatoms. The summed E-state index contributed by atoms with van der Waals surface area (Å²) >= 11 is 0. The normalized spacial score (nSPS) is 9.86. The maximum Gasteiger partial charge on any atom is 0.339 e. The number of rotatable bonds is 4. The molecule has 1 aromatic heterocycles. The molecule has 14 heavy (non-hydrogen) atoms. The summed E-state index contributed by atoms with van der Waals surface area (Å²) in [6.07, 6.45) is 1.53. The number of carbonyl (C=O) groups is 1. The lowest BCUT2D eigenvalue weighted by molar-refractivity contribution is 0.0526. The van der Waals surface area contributed by atoms with Gasteiger partial charge in [-0.05, 0) is 26.1 Å². The van der Waals surface area contributed by atoms with Crippen molar-refractivity contribution in [3.8, 4) is 0 Å². The molecule has 0 amide bonds. The van der Waals surface area contributed by atoms with Crippen LogP contribution in [0.2, 0.25) is 0 Å². The average molecular weight is 194 g/mol. The van der Waals surface area contributed by atoms with Crippen LogP contribution in [0.4, 0.5) is 0 Å². The van der Waals surface area contributed by atoms with E-state index in [1.807, 2.05) is 13.1 Å². The lowest BCUT2D eigenvalue weighted by Gasteiger charge is -2.02. The summed E-state index contributed by atoms with van der Waals surface area (Å²) in [7, 11) is 1.85. The minimum atomic E-state index is -0.323. The first-order valence-corrected chi connectivity index (χ1v) is 4.54.